The van der Waals surface area contributed by atoms with Gasteiger partial charge < -0.3 is 11.5 Å². The molecule has 0 unspecified atom stereocenters. The Morgan fingerprint density at radius 2 is 1.95 bits per heavy atom. The predicted molar refractivity (Wildman–Crippen MR) is 71.8 cm³/mol. The van der Waals surface area contributed by atoms with Gasteiger partial charge in [0.15, 0.2) is 0 Å². The molecule has 0 bridgehead atoms. The SMILES string of the molecule is NC(=O)c1cc(-n2nnc3ccccc32)ccc1N. The zero-order valence-electron chi connectivity index (χ0n) is 9.95. The number of primary amides is 1. The molecule has 6 nitrogen and oxygen atoms in total. The molecule has 0 aliphatic rings. The van der Waals surface area contributed by atoms with Gasteiger partial charge in [0, 0.05) is 5.69 Å². The van der Waals surface area contributed by atoms with Crippen LogP contribution in [0.3, 0.4) is 0 Å². The van der Waals surface area contributed by atoms with Gasteiger partial charge in [0.1, 0.15) is 5.52 Å². The maximum absolute atomic E-state index is 11.3. The highest BCUT2D eigenvalue weighted by Gasteiger charge is 2.10. The van der Waals surface area contributed by atoms with Gasteiger partial charge in [-0.1, -0.05) is 17.3 Å². The first-order chi connectivity index (χ1) is 9.16. The smallest absolute Gasteiger partial charge is 0.250 e. The monoisotopic (exact) mass is 253 g/mol. The Hall–Kier alpha value is -2.89. The molecule has 0 radical (unpaired) electrons. The van der Waals surface area contributed by atoms with Crippen molar-refractivity contribution in [3.05, 3.63) is 48.0 Å². The number of nitrogen functional groups attached to an aromatic ring is 1. The summed E-state index contributed by atoms with van der Waals surface area (Å²) in [4.78, 5) is 11.3. The van der Waals surface area contributed by atoms with Crippen LogP contribution in [-0.2, 0) is 0 Å². The van der Waals surface area contributed by atoms with Crippen molar-refractivity contribution in [1.82, 2.24) is 15.0 Å². The fraction of sp³-hybridized carbons (Fsp3) is 0. The number of anilines is 1. The number of nitrogens with zero attached hydrogens (tertiary/aromatic N) is 3. The third-order valence-corrected chi connectivity index (χ3v) is 2.90. The number of aromatic nitrogens is 3. The van der Waals surface area contributed by atoms with Crippen molar-refractivity contribution < 1.29 is 4.79 Å². The summed E-state index contributed by atoms with van der Waals surface area (Å²) in [5.74, 6) is -0.566. The minimum absolute atomic E-state index is 0.275. The van der Waals surface area contributed by atoms with Gasteiger partial charge in [0.2, 0.25) is 0 Å². The number of para-hydroxylation sites is 1. The molecule has 94 valence electrons. The van der Waals surface area contributed by atoms with Crippen LogP contribution in [0, 0.1) is 0 Å². The third kappa shape index (κ3) is 1.79. The first kappa shape index (κ1) is 11.2. The number of carbonyl (C=O) groups excluding carboxylic acids is 1. The van der Waals surface area contributed by atoms with Crippen LogP contribution in [0.25, 0.3) is 16.7 Å². The molecule has 1 aromatic heterocycles. The summed E-state index contributed by atoms with van der Waals surface area (Å²) in [5.41, 5.74) is 13.9. The highest BCUT2D eigenvalue weighted by molar-refractivity contribution is 5.98. The minimum Gasteiger partial charge on any atom is -0.398 e. The Morgan fingerprint density at radius 1 is 1.16 bits per heavy atom. The molecule has 0 saturated heterocycles. The second-order valence-electron chi connectivity index (χ2n) is 4.13. The summed E-state index contributed by atoms with van der Waals surface area (Å²) >= 11 is 0. The summed E-state index contributed by atoms with van der Waals surface area (Å²) in [6, 6.07) is 12.6. The van der Waals surface area contributed by atoms with Gasteiger partial charge >= 0.3 is 0 Å². The maximum Gasteiger partial charge on any atom is 0.250 e. The van der Waals surface area contributed by atoms with E-state index in [4.69, 9.17) is 11.5 Å². The van der Waals surface area contributed by atoms with E-state index in [9.17, 15) is 4.79 Å². The van der Waals surface area contributed by atoms with Gasteiger partial charge in [-0.05, 0) is 30.3 Å². The van der Waals surface area contributed by atoms with Gasteiger partial charge in [0.05, 0.1) is 16.8 Å². The number of carbonyl (C=O) groups is 1. The summed E-state index contributed by atoms with van der Waals surface area (Å²) < 4.78 is 1.64. The number of hydrogen-bond donors (Lipinski definition) is 2. The molecule has 1 heterocycles. The van der Waals surface area contributed by atoms with Crippen molar-refractivity contribution >= 4 is 22.6 Å². The zero-order valence-corrected chi connectivity index (χ0v) is 9.95. The lowest BCUT2D eigenvalue weighted by atomic mass is 10.1. The van der Waals surface area contributed by atoms with E-state index in [2.05, 4.69) is 10.3 Å². The van der Waals surface area contributed by atoms with Crippen molar-refractivity contribution in [2.75, 3.05) is 5.73 Å². The molecule has 3 aromatic rings. The summed E-state index contributed by atoms with van der Waals surface area (Å²) in [5, 5.41) is 8.13. The van der Waals surface area contributed by atoms with Crippen LogP contribution in [-0.4, -0.2) is 20.9 Å². The van der Waals surface area contributed by atoms with Crippen LogP contribution in [0.15, 0.2) is 42.5 Å². The largest absolute Gasteiger partial charge is 0.398 e. The van der Waals surface area contributed by atoms with Crippen LogP contribution in [0.5, 0.6) is 0 Å². The summed E-state index contributed by atoms with van der Waals surface area (Å²) in [6.45, 7) is 0. The van der Waals surface area contributed by atoms with Crippen LogP contribution in [0.2, 0.25) is 0 Å². The van der Waals surface area contributed by atoms with E-state index in [1.807, 2.05) is 24.3 Å². The molecule has 3 rings (SSSR count). The van der Waals surface area contributed by atoms with Crippen molar-refractivity contribution in [2.24, 2.45) is 5.73 Å². The molecule has 6 heteroatoms. The number of rotatable bonds is 2. The number of nitrogens with two attached hydrogens (primary N) is 2. The number of fused-ring (bicyclic) bond motifs is 1. The highest BCUT2D eigenvalue weighted by atomic mass is 16.1. The molecule has 0 spiro atoms. The van der Waals surface area contributed by atoms with E-state index in [0.717, 1.165) is 11.0 Å². The van der Waals surface area contributed by atoms with E-state index in [-0.39, 0.29) is 5.56 Å². The predicted octanol–water partition coefficient (Wildman–Crippen LogP) is 1.10. The Balaban J connectivity index is 2.22. The second kappa shape index (κ2) is 4.09. The average molecular weight is 253 g/mol. The third-order valence-electron chi connectivity index (χ3n) is 2.90. The van der Waals surface area contributed by atoms with Crippen LogP contribution < -0.4 is 11.5 Å². The minimum atomic E-state index is -0.566. The van der Waals surface area contributed by atoms with Gasteiger partial charge in [0.25, 0.3) is 5.91 Å². The molecule has 0 atom stereocenters. The van der Waals surface area contributed by atoms with Gasteiger partial charge in [-0.15, -0.1) is 5.10 Å². The first-order valence-corrected chi connectivity index (χ1v) is 5.67. The van der Waals surface area contributed by atoms with Crippen molar-refractivity contribution in [3.63, 3.8) is 0 Å². The number of hydrogen-bond acceptors (Lipinski definition) is 4. The lowest BCUT2D eigenvalue weighted by Crippen LogP contribution is -2.14. The summed E-state index contributed by atoms with van der Waals surface area (Å²) in [6.07, 6.45) is 0. The van der Waals surface area contributed by atoms with Crippen LogP contribution in [0.1, 0.15) is 10.4 Å². The molecule has 0 fully saturated rings. The Morgan fingerprint density at radius 3 is 2.74 bits per heavy atom. The molecule has 0 aliphatic carbocycles. The van der Waals surface area contributed by atoms with Gasteiger partial charge in [-0.25, -0.2) is 4.68 Å². The Kier molecular flexibility index (Phi) is 2.42. The summed E-state index contributed by atoms with van der Waals surface area (Å²) in [7, 11) is 0. The molecular formula is C13H11N5O. The highest BCUT2D eigenvalue weighted by Crippen LogP contribution is 2.20. The van der Waals surface area contributed by atoms with Gasteiger partial charge in [-0.3, -0.25) is 4.79 Å². The Labute approximate surface area is 108 Å². The molecule has 4 N–H and O–H groups in total. The standard InChI is InChI=1S/C13H11N5O/c14-10-6-5-8(7-9(10)13(15)19)18-12-4-2-1-3-11(12)16-17-18/h1-7H,14H2,(H2,15,19). The molecule has 0 saturated carbocycles. The maximum atomic E-state index is 11.3. The second-order valence-corrected chi connectivity index (χ2v) is 4.13. The average Bonchev–Trinajstić information content (AvgIpc) is 2.83. The van der Waals surface area contributed by atoms with E-state index in [1.165, 1.54) is 0 Å². The van der Waals surface area contributed by atoms with Crippen LogP contribution >= 0.6 is 0 Å². The molecule has 0 aliphatic heterocycles. The normalized spacial score (nSPS) is 10.7. The van der Waals surface area contributed by atoms with E-state index in [1.54, 1.807) is 22.9 Å². The molecule has 2 aromatic carbocycles. The first-order valence-electron chi connectivity index (χ1n) is 5.67. The number of amides is 1. The molecule has 19 heavy (non-hydrogen) atoms. The van der Waals surface area contributed by atoms with Crippen molar-refractivity contribution in [2.45, 2.75) is 0 Å². The zero-order chi connectivity index (χ0) is 13.4. The molecule has 1 amide bonds. The lowest BCUT2D eigenvalue weighted by Gasteiger charge is -2.06. The van der Waals surface area contributed by atoms with E-state index >= 15 is 0 Å². The quantitative estimate of drug-likeness (QED) is 0.668. The van der Waals surface area contributed by atoms with E-state index < -0.39 is 5.91 Å². The van der Waals surface area contributed by atoms with Gasteiger partial charge in [-0.2, -0.15) is 0 Å². The van der Waals surface area contributed by atoms with Crippen molar-refractivity contribution in [3.8, 4) is 5.69 Å². The Bertz CT molecular complexity index is 778. The fourth-order valence-electron chi connectivity index (χ4n) is 1.95. The fourth-order valence-corrected chi connectivity index (χ4v) is 1.95. The van der Waals surface area contributed by atoms with E-state index in [0.29, 0.717) is 11.4 Å². The number of benzene rings is 2. The van der Waals surface area contributed by atoms with Crippen molar-refractivity contribution in [1.29, 1.82) is 0 Å². The van der Waals surface area contributed by atoms with Crippen LogP contribution in [0.4, 0.5) is 5.69 Å². The lowest BCUT2D eigenvalue weighted by molar-refractivity contribution is 0.100. The molecular weight excluding hydrogens is 242 g/mol. The topological polar surface area (TPSA) is 99.8 Å².